The zero-order chi connectivity index (χ0) is 12.1. The largest absolute Gasteiger partial charge is 0.380 e. The quantitative estimate of drug-likeness (QED) is 0.868. The molecule has 0 radical (unpaired) electrons. The Hall–Kier alpha value is -0.930. The van der Waals surface area contributed by atoms with Gasteiger partial charge in [0.25, 0.3) is 0 Å². The first-order valence-electron chi connectivity index (χ1n) is 6.32. The fraction of sp³-hybridized carbons (Fsp3) is 0.571. The van der Waals surface area contributed by atoms with Crippen molar-refractivity contribution in [3.05, 3.63) is 35.1 Å². The third-order valence-corrected chi connectivity index (χ3v) is 3.29. The molecule has 2 rings (SSSR count). The molecule has 0 bridgehead atoms. The molecule has 1 unspecified atom stereocenters. The van der Waals surface area contributed by atoms with Crippen LogP contribution in [0.1, 0.15) is 24.0 Å². The molecule has 1 aromatic carbocycles. The molecule has 1 aromatic rings. The van der Waals surface area contributed by atoms with Crippen molar-refractivity contribution in [3.63, 3.8) is 0 Å². The summed E-state index contributed by atoms with van der Waals surface area (Å²) in [5, 5.41) is 3.49. The lowest BCUT2D eigenvalue weighted by molar-refractivity contribution is 0.0707. The summed E-state index contributed by atoms with van der Waals surface area (Å²) in [5.41, 5.74) is 2.25. The van der Waals surface area contributed by atoms with Crippen molar-refractivity contribution >= 4 is 0 Å². The van der Waals surface area contributed by atoms with Crippen LogP contribution < -0.4 is 5.32 Å². The third kappa shape index (κ3) is 3.79. The van der Waals surface area contributed by atoms with Gasteiger partial charge in [-0.3, -0.25) is 0 Å². The SMILES string of the molecule is Cc1cc(F)ccc1CCNC1CCCOC1. The van der Waals surface area contributed by atoms with Gasteiger partial charge in [0.05, 0.1) is 6.61 Å². The highest BCUT2D eigenvalue weighted by Gasteiger charge is 2.12. The van der Waals surface area contributed by atoms with Gasteiger partial charge in [0, 0.05) is 12.6 Å². The van der Waals surface area contributed by atoms with Gasteiger partial charge < -0.3 is 10.1 Å². The smallest absolute Gasteiger partial charge is 0.123 e. The summed E-state index contributed by atoms with van der Waals surface area (Å²) in [7, 11) is 0. The van der Waals surface area contributed by atoms with E-state index in [1.807, 2.05) is 13.0 Å². The van der Waals surface area contributed by atoms with Gasteiger partial charge in [0.15, 0.2) is 0 Å². The summed E-state index contributed by atoms with van der Waals surface area (Å²) in [6, 6.07) is 5.50. The Labute approximate surface area is 102 Å². The summed E-state index contributed by atoms with van der Waals surface area (Å²) < 4.78 is 18.3. The maximum absolute atomic E-state index is 12.9. The highest BCUT2D eigenvalue weighted by molar-refractivity contribution is 5.26. The maximum Gasteiger partial charge on any atom is 0.123 e. The van der Waals surface area contributed by atoms with Gasteiger partial charge in [0.2, 0.25) is 0 Å². The Morgan fingerprint density at radius 3 is 3.06 bits per heavy atom. The van der Waals surface area contributed by atoms with Crippen LogP contribution in [0.3, 0.4) is 0 Å². The van der Waals surface area contributed by atoms with Crippen molar-refractivity contribution in [1.82, 2.24) is 5.32 Å². The van der Waals surface area contributed by atoms with Crippen molar-refractivity contribution in [2.45, 2.75) is 32.2 Å². The first-order chi connectivity index (χ1) is 8.25. The predicted octanol–water partition coefficient (Wildman–Crippen LogP) is 2.45. The van der Waals surface area contributed by atoms with E-state index in [0.717, 1.165) is 38.2 Å². The minimum atomic E-state index is -0.153. The fourth-order valence-corrected chi connectivity index (χ4v) is 2.25. The first kappa shape index (κ1) is 12.5. The average molecular weight is 237 g/mol. The second-order valence-electron chi connectivity index (χ2n) is 4.69. The van der Waals surface area contributed by atoms with Crippen LogP contribution in [0.15, 0.2) is 18.2 Å². The topological polar surface area (TPSA) is 21.3 Å². The summed E-state index contributed by atoms with van der Waals surface area (Å²) in [6.45, 7) is 4.61. The van der Waals surface area contributed by atoms with Crippen LogP contribution in [0.2, 0.25) is 0 Å². The van der Waals surface area contributed by atoms with Gasteiger partial charge in [-0.2, -0.15) is 0 Å². The van der Waals surface area contributed by atoms with Crippen LogP contribution in [-0.4, -0.2) is 25.8 Å². The molecule has 1 aliphatic heterocycles. The number of hydrogen-bond donors (Lipinski definition) is 1. The second-order valence-corrected chi connectivity index (χ2v) is 4.69. The van der Waals surface area contributed by atoms with Crippen molar-refractivity contribution in [1.29, 1.82) is 0 Å². The molecule has 94 valence electrons. The fourth-order valence-electron chi connectivity index (χ4n) is 2.25. The Balaban J connectivity index is 1.77. The van der Waals surface area contributed by atoms with Crippen LogP contribution in [0, 0.1) is 12.7 Å². The molecule has 1 heterocycles. The lowest BCUT2D eigenvalue weighted by Crippen LogP contribution is -2.37. The van der Waals surface area contributed by atoms with Crippen LogP contribution in [-0.2, 0) is 11.2 Å². The van der Waals surface area contributed by atoms with Crippen LogP contribution in [0.4, 0.5) is 4.39 Å². The van der Waals surface area contributed by atoms with E-state index >= 15 is 0 Å². The third-order valence-electron chi connectivity index (χ3n) is 3.29. The van der Waals surface area contributed by atoms with Gasteiger partial charge in [-0.1, -0.05) is 6.07 Å². The first-order valence-corrected chi connectivity index (χ1v) is 6.32. The number of halogens is 1. The summed E-state index contributed by atoms with van der Waals surface area (Å²) >= 11 is 0. The molecule has 1 aliphatic rings. The Kier molecular flexibility index (Phi) is 4.51. The standard InChI is InChI=1S/C14H20FNO/c1-11-9-13(15)5-4-12(11)6-7-16-14-3-2-8-17-10-14/h4-5,9,14,16H,2-3,6-8,10H2,1H3. The maximum atomic E-state index is 12.9. The van der Waals surface area contributed by atoms with E-state index in [2.05, 4.69) is 5.32 Å². The van der Waals surface area contributed by atoms with Crippen molar-refractivity contribution in [2.75, 3.05) is 19.8 Å². The van der Waals surface area contributed by atoms with E-state index in [0.29, 0.717) is 6.04 Å². The Morgan fingerprint density at radius 1 is 1.47 bits per heavy atom. The van der Waals surface area contributed by atoms with Gasteiger partial charge in [-0.05, 0) is 56.0 Å². The molecule has 0 saturated carbocycles. The average Bonchev–Trinajstić information content (AvgIpc) is 2.33. The molecule has 1 N–H and O–H groups in total. The van der Waals surface area contributed by atoms with Crippen LogP contribution >= 0.6 is 0 Å². The van der Waals surface area contributed by atoms with E-state index < -0.39 is 0 Å². The van der Waals surface area contributed by atoms with Crippen molar-refractivity contribution in [2.24, 2.45) is 0 Å². The minimum absolute atomic E-state index is 0.153. The van der Waals surface area contributed by atoms with Crippen molar-refractivity contribution < 1.29 is 9.13 Å². The molecule has 1 saturated heterocycles. The molecular formula is C14H20FNO. The summed E-state index contributed by atoms with van der Waals surface area (Å²) in [5.74, 6) is -0.153. The minimum Gasteiger partial charge on any atom is -0.380 e. The molecule has 2 nitrogen and oxygen atoms in total. The van der Waals surface area contributed by atoms with E-state index in [-0.39, 0.29) is 5.82 Å². The van der Waals surface area contributed by atoms with Crippen LogP contribution in [0.5, 0.6) is 0 Å². The van der Waals surface area contributed by atoms with Gasteiger partial charge >= 0.3 is 0 Å². The zero-order valence-corrected chi connectivity index (χ0v) is 10.3. The molecular weight excluding hydrogens is 217 g/mol. The molecule has 1 atom stereocenters. The highest BCUT2D eigenvalue weighted by atomic mass is 19.1. The van der Waals surface area contributed by atoms with Crippen LogP contribution in [0.25, 0.3) is 0 Å². The highest BCUT2D eigenvalue weighted by Crippen LogP contribution is 2.11. The Morgan fingerprint density at radius 2 is 2.35 bits per heavy atom. The lowest BCUT2D eigenvalue weighted by Gasteiger charge is -2.23. The van der Waals surface area contributed by atoms with E-state index in [1.165, 1.54) is 18.1 Å². The number of nitrogens with one attached hydrogen (secondary N) is 1. The number of aryl methyl sites for hydroxylation is 1. The molecule has 0 amide bonds. The number of benzene rings is 1. The molecule has 0 aromatic heterocycles. The summed E-state index contributed by atoms with van der Waals surface area (Å²) in [6.07, 6.45) is 3.29. The zero-order valence-electron chi connectivity index (χ0n) is 10.3. The second kappa shape index (κ2) is 6.12. The van der Waals surface area contributed by atoms with Gasteiger partial charge in [-0.25, -0.2) is 4.39 Å². The molecule has 0 aliphatic carbocycles. The van der Waals surface area contributed by atoms with E-state index in [1.54, 1.807) is 6.07 Å². The normalized spacial score (nSPS) is 20.5. The lowest BCUT2D eigenvalue weighted by atomic mass is 10.0. The van der Waals surface area contributed by atoms with E-state index in [4.69, 9.17) is 4.74 Å². The molecule has 3 heteroatoms. The molecule has 0 spiro atoms. The monoisotopic (exact) mass is 237 g/mol. The van der Waals surface area contributed by atoms with Gasteiger partial charge in [-0.15, -0.1) is 0 Å². The van der Waals surface area contributed by atoms with Gasteiger partial charge in [0.1, 0.15) is 5.82 Å². The number of ether oxygens (including phenoxy) is 1. The number of hydrogen-bond acceptors (Lipinski definition) is 2. The predicted molar refractivity (Wildman–Crippen MR) is 66.7 cm³/mol. The summed E-state index contributed by atoms with van der Waals surface area (Å²) in [4.78, 5) is 0. The molecule has 17 heavy (non-hydrogen) atoms. The Bertz CT molecular complexity index is 361. The van der Waals surface area contributed by atoms with E-state index in [9.17, 15) is 4.39 Å². The molecule has 1 fully saturated rings. The van der Waals surface area contributed by atoms with Crippen molar-refractivity contribution in [3.8, 4) is 0 Å². The number of rotatable bonds is 4.